The van der Waals surface area contributed by atoms with Gasteiger partial charge in [0.2, 0.25) is 0 Å². The fourth-order valence-electron chi connectivity index (χ4n) is 1.99. The molecule has 128 valence electrons. The lowest BCUT2D eigenvalue weighted by Gasteiger charge is -2.14. The van der Waals surface area contributed by atoms with Crippen molar-refractivity contribution < 1.29 is 8.78 Å². The summed E-state index contributed by atoms with van der Waals surface area (Å²) in [6.07, 6.45) is 0. The summed E-state index contributed by atoms with van der Waals surface area (Å²) in [4.78, 5) is 2.56. The van der Waals surface area contributed by atoms with Crippen LogP contribution in [0.4, 0.5) is 20.2 Å². The fraction of sp³-hybridized carbons (Fsp3) is 0.235. The molecule has 0 aliphatic heterocycles. The number of thioether (sulfide) groups is 1. The summed E-state index contributed by atoms with van der Waals surface area (Å²) in [5, 5.41) is 6.65. The summed E-state index contributed by atoms with van der Waals surface area (Å²) < 4.78 is 24.6. The standard InChI is InChI=1S/C17H19F2N3S2/c1-22(2)14-7-3-12(4-8-14)11-20-17(23)21-13-5-9-15(10-6-13)24-16(18)19/h3-10,16H,11H2,1-2H3,(H2,20,21,23). The predicted octanol–water partition coefficient (Wildman–Crippen LogP) is 4.55. The lowest BCUT2D eigenvalue weighted by Crippen LogP contribution is -2.27. The average molecular weight is 367 g/mol. The third kappa shape index (κ3) is 5.98. The molecule has 0 heterocycles. The van der Waals surface area contributed by atoms with Crippen LogP contribution in [-0.4, -0.2) is 25.0 Å². The summed E-state index contributed by atoms with van der Waals surface area (Å²) in [5.74, 6) is -2.41. The van der Waals surface area contributed by atoms with Crippen molar-refractivity contribution in [1.82, 2.24) is 5.32 Å². The van der Waals surface area contributed by atoms with E-state index < -0.39 is 5.76 Å². The summed E-state index contributed by atoms with van der Waals surface area (Å²) in [6, 6.07) is 14.9. The number of nitrogens with zero attached hydrogens (tertiary/aromatic N) is 1. The quantitative estimate of drug-likeness (QED) is 0.577. The molecule has 0 atom stereocenters. The minimum atomic E-state index is -2.41. The van der Waals surface area contributed by atoms with Crippen LogP contribution in [-0.2, 0) is 6.54 Å². The number of rotatable bonds is 6. The van der Waals surface area contributed by atoms with Gasteiger partial charge in [0.1, 0.15) is 0 Å². The van der Waals surface area contributed by atoms with E-state index in [0.717, 1.165) is 16.9 Å². The zero-order valence-corrected chi connectivity index (χ0v) is 15.1. The number of hydrogen-bond acceptors (Lipinski definition) is 3. The van der Waals surface area contributed by atoms with Crippen molar-refractivity contribution >= 4 is 40.5 Å². The van der Waals surface area contributed by atoms with Crippen molar-refractivity contribution in [2.75, 3.05) is 24.3 Å². The number of hydrogen-bond donors (Lipinski definition) is 2. The van der Waals surface area contributed by atoms with Crippen LogP contribution in [0.5, 0.6) is 0 Å². The van der Waals surface area contributed by atoms with Crippen LogP contribution in [0.15, 0.2) is 53.4 Å². The Morgan fingerprint density at radius 3 is 2.25 bits per heavy atom. The van der Waals surface area contributed by atoms with Gasteiger partial charge in [-0.25, -0.2) is 0 Å². The molecule has 2 N–H and O–H groups in total. The van der Waals surface area contributed by atoms with Gasteiger partial charge in [-0.3, -0.25) is 0 Å². The molecule has 2 aromatic carbocycles. The third-order valence-electron chi connectivity index (χ3n) is 3.24. The first-order valence-electron chi connectivity index (χ1n) is 7.30. The van der Waals surface area contributed by atoms with Crippen LogP contribution < -0.4 is 15.5 Å². The highest BCUT2D eigenvalue weighted by molar-refractivity contribution is 7.99. The number of halogens is 2. The van der Waals surface area contributed by atoms with E-state index in [4.69, 9.17) is 12.2 Å². The van der Waals surface area contributed by atoms with Crippen LogP contribution in [0, 0.1) is 0 Å². The Kier molecular flexibility index (Phi) is 6.81. The van der Waals surface area contributed by atoms with Gasteiger partial charge in [0.05, 0.1) is 0 Å². The smallest absolute Gasteiger partial charge is 0.288 e. The topological polar surface area (TPSA) is 27.3 Å². The molecule has 2 rings (SSSR count). The maximum atomic E-state index is 12.3. The molecule has 0 bridgehead atoms. The van der Waals surface area contributed by atoms with Crippen LogP contribution >= 0.6 is 24.0 Å². The van der Waals surface area contributed by atoms with Crippen molar-refractivity contribution in [2.24, 2.45) is 0 Å². The molecule has 24 heavy (non-hydrogen) atoms. The molecule has 0 saturated carbocycles. The Labute approximate surface area is 150 Å². The van der Waals surface area contributed by atoms with E-state index in [1.54, 1.807) is 24.3 Å². The van der Waals surface area contributed by atoms with E-state index in [2.05, 4.69) is 10.6 Å². The van der Waals surface area contributed by atoms with Gasteiger partial charge in [0.25, 0.3) is 5.76 Å². The molecular weight excluding hydrogens is 348 g/mol. The molecule has 0 saturated heterocycles. The lowest BCUT2D eigenvalue weighted by atomic mass is 10.2. The van der Waals surface area contributed by atoms with Gasteiger partial charge < -0.3 is 15.5 Å². The van der Waals surface area contributed by atoms with Crippen LogP contribution in [0.2, 0.25) is 0 Å². The van der Waals surface area contributed by atoms with Gasteiger partial charge in [-0.15, -0.1) is 0 Å². The molecular formula is C17H19F2N3S2. The van der Waals surface area contributed by atoms with Crippen molar-refractivity contribution in [3.8, 4) is 0 Å². The number of nitrogens with one attached hydrogen (secondary N) is 2. The van der Waals surface area contributed by atoms with E-state index in [-0.39, 0.29) is 0 Å². The predicted molar refractivity (Wildman–Crippen MR) is 102 cm³/mol. The van der Waals surface area contributed by atoms with Crippen molar-refractivity contribution in [3.63, 3.8) is 0 Å². The highest BCUT2D eigenvalue weighted by Gasteiger charge is 2.05. The highest BCUT2D eigenvalue weighted by atomic mass is 32.2. The van der Waals surface area contributed by atoms with Crippen LogP contribution in [0.3, 0.4) is 0 Å². The second-order valence-corrected chi connectivity index (χ2v) is 6.74. The molecule has 0 aromatic heterocycles. The molecule has 3 nitrogen and oxygen atoms in total. The SMILES string of the molecule is CN(C)c1ccc(CNC(=S)Nc2ccc(SC(F)F)cc2)cc1. The Hall–Kier alpha value is -1.86. The summed E-state index contributed by atoms with van der Waals surface area (Å²) >= 11 is 5.77. The van der Waals surface area contributed by atoms with Gasteiger partial charge in [-0.1, -0.05) is 23.9 Å². The van der Waals surface area contributed by atoms with Gasteiger partial charge in [-0.05, 0) is 54.2 Å². The van der Waals surface area contributed by atoms with Crippen molar-refractivity contribution in [1.29, 1.82) is 0 Å². The third-order valence-corrected chi connectivity index (χ3v) is 4.21. The minimum Gasteiger partial charge on any atom is -0.378 e. The number of thiocarbonyl (C=S) groups is 1. The van der Waals surface area contributed by atoms with Crippen LogP contribution in [0.1, 0.15) is 5.56 Å². The van der Waals surface area contributed by atoms with E-state index in [1.165, 1.54) is 0 Å². The molecule has 0 unspecified atom stereocenters. The Balaban J connectivity index is 1.82. The summed E-state index contributed by atoms with van der Waals surface area (Å²) in [6.45, 7) is 0.610. The Bertz CT molecular complexity index is 659. The monoisotopic (exact) mass is 367 g/mol. The maximum Gasteiger partial charge on any atom is 0.288 e. The molecule has 2 aromatic rings. The molecule has 0 amide bonds. The minimum absolute atomic E-state index is 0.487. The Morgan fingerprint density at radius 1 is 1.08 bits per heavy atom. The highest BCUT2D eigenvalue weighted by Crippen LogP contribution is 2.26. The molecule has 0 aliphatic carbocycles. The summed E-state index contributed by atoms with van der Waals surface area (Å²) in [5.41, 5.74) is 3.02. The molecule has 0 fully saturated rings. The summed E-state index contributed by atoms with van der Waals surface area (Å²) in [7, 11) is 3.99. The number of benzene rings is 2. The first kappa shape index (κ1) is 18.5. The van der Waals surface area contributed by atoms with Crippen molar-refractivity contribution in [3.05, 3.63) is 54.1 Å². The van der Waals surface area contributed by atoms with Crippen LogP contribution in [0.25, 0.3) is 0 Å². The second kappa shape index (κ2) is 8.84. The first-order valence-corrected chi connectivity index (χ1v) is 8.59. The van der Waals surface area contributed by atoms with E-state index in [9.17, 15) is 8.78 Å². The molecule has 0 radical (unpaired) electrons. The Morgan fingerprint density at radius 2 is 1.71 bits per heavy atom. The molecule has 0 spiro atoms. The second-order valence-electron chi connectivity index (χ2n) is 5.27. The maximum absolute atomic E-state index is 12.3. The fourth-order valence-corrected chi connectivity index (χ4v) is 2.68. The number of alkyl halides is 2. The van der Waals surface area contributed by atoms with Gasteiger partial charge >= 0.3 is 0 Å². The van der Waals surface area contributed by atoms with E-state index in [0.29, 0.717) is 28.3 Å². The largest absolute Gasteiger partial charge is 0.378 e. The zero-order valence-electron chi connectivity index (χ0n) is 13.4. The first-order chi connectivity index (χ1) is 11.4. The average Bonchev–Trinajstić information content (AvgIpc) is 2.54. The van der Waals surface area contributed by atoms with Gasteiger partial charge in [0, 0.05) is 36.9 Å². The van der Waals surface area contributed by atoms with Crippen molar-refractivity contribution in [2.45, 2.75) is 17.2 Å². The van der Waals surface area contributed by atoms with E-state index in [1.807, 2.05) is 43.3 Å². The van der Waals surface area contributed by atoms with Gasteiger partial charge in [0.15, 0.2) is 5.11 Å². The van der Waals surface area contributed by atoms with E-state index >= 15 is 0 Å². The lowest BCUT2D eigenvalue weighted by molar-refractivity contribution is 0.252. The normalized spacial score (nSPS) is 10.5. The zero-order chi connectivity index (χ0) is 17.5. The van der Waals surface area contributed by atoms with Gasteiger partial charge in [-0.2, -0.15) is 8.78 Å². The molecule has 7 heteroatoms. The molecule has 0 aliphatic rings. The number of anilines is 2.